The standard InChI is InChI=1S/C17H12Cl4O4/c1-17(2,7-3-9(18)13(15(22)23)10(19)4-7)8-5-11(20)14(16(24)25)12(21)6-8/h3-6H,1-2H3,(H,22,23)(H,24,25). The Labute approximate surface area is 163 Å². The van der Waals surface area contributed by atoms with Crippen molar-refractivity contribution in [2.75, 3.05) is 0 Å². The number of carbonyl (C=O) groups is 2. The van der Waals surface area contributed by atoms with E-state index in [2.05, 4.69) is 0 Å². The third kappa shape index (κ3) is 3.72. The van der Waals surface area contributed by atoms with Gasteiger partial charge in [-0.3, -0.25) is 0 Å². The third-order valence-corrected chi connectivity index (χ3v) is 5.15. The van der Waals surface area contributed by atoms with Crippen molar-refractivity contribution in [2.24, 2.45) is 0 Å². The molecule has 0 aliphatic rings. The molecule has 2 N–H and O–H groups in total. The van der Waals surface area contributed by atoms with Crippen LogP contribution in [0.5, 0.6) is 0 Å². The molecule has 0 saturated carbocycles. The Morgan fingerprint density at radius 3 is 1.16 bits per heavy atom. The second kappa shape index (κ2) is 7.04. The highest BCUT2D eigenvalue weighted by molar-refractivity contribution is 6.40. The Morgan fingerprint density at radius 1 is 0.720 bits per heavy atom. The van der Waals surface area contributed by atoms with Gasteiger partial charge >= 0.3 is 11.9 Å². The zero-order valence-corrected chi connectivity index (χ0v) is 16.1. The minimum absolute atomic E-state index is 0.00225. The van der Waals surface area contributed by atoms with E-state index < -0.39 is 17.4 Å². The van der Waals surface area contributed by atoms with E-state index in [-0.39, 0.29) is 31.2 Å². The molecular weight excluding hydrogens is 410 g/mol. The topological polar surface area (TPSA) is 74.6 Å². The van der Waals surface area contributed by atoms with Crippen molar-refractivity contribution in [3.05, 3.63) is 66.6 Å². The molecule has 8 heteroatoms. The van der Waals surface area contributed by atoms with E-state index in [1.807, 2.05) is 13.8 Å². The molecular formula is C17H12Cl4O4. The second-order valence-corrected chi connectivity index (χ2v) is 7.49. The molecule has 0 unspecified atom stereocenters. The van der Waals surface area contributed by atoms with Gasteiger partial charge in [-0.25, -0.2) is 9.59 Å². The predicted molar refractivity (Wildman–Crippen MR) is 99.0 cm³/mol. The minimum atomic E-state index is -1.23. The van der Waals surface area contributed by atoms with Gasteiger partial charge < -0.3 is 10.2 Å². The van der Waals surface area contributed by atoms with Crippen molar-refractivity contribution < 1.29 is 19.8 Å². The summed E-state index contributed by atoms with van der Waals surface area (Å²) in [6, 6.07) is 6.02. The predicted octanol–water partition coefficient (Wildman–Crippen LogP) is 6.02. The van der Waals surface area contributed by atoms with Gasteiger partial charge in [-0.2, -0.15) is 0 Å². The molecule has 0 amide bonds. The SMILES string of the molecule is CC(C)(c1cc(Cl)c(C(=O)O)c(Cl)c1)c1cc(Cl)c(C(=O)O)c(Cl)c1. The summed E-state index contributed by atoms with van der Waals surface area (Å²) >= 11 is 24.2. The zero-order valence-electron chi connectivity index (χ0n) is 13.0. The molecule has 132 valence electrons. The number of carboxylic acids is 2. The van der Waals surface area contributed by atoms with E-state index >= 15 is 0 Å². The molecule has 0 spiro atoms. The Bertz CT molecular complexity index is 773. The molecule has 0 aliphatic heterocycles. The number of rotatable bonds is 4. The van der Waals surface area contributed by atoms with Crippen LogP contribution in [-0.2, 0) is 5.41 Å². The number of carboxylic acid groups (broad SMARTS) is 2. The highest BCUT2D eigenvalue weighted by Gasteiger charge is 2.28. The highest BCUT2D eigenvalue weighted by atomic mass is 35.5. The molecule has 0 radical (unpaired) electrons. The summed E-state index contributed by atoms with van der Waals surface area (Å²) in [6.07, 6.45) is 0. The summed E-state index contributed by atoms with van der Waals surface area (Å²) in [5, 5.41) is 18.3. The van der Waals surface area contributed by atoms with Crippen molar-refractivity contribution in [2.45, 2.75) is 19.3 Å². The number of aromatic carboxylic acids is 2. The van der Waals surface area contributed by atoms with Gasteiger partial charge in [0, 0.05) is 5.41 Å². The van der Waals surface area contributed by atoms with E-state index in [4.69, 9.17) is 56.6 Å². The van der Waals surface area contributed by atoms with Gasteiger partial charge in [0.05, 0.1) is 31.2 Å². The van der Waals surface area contributed by atoms with Gasteiger partial charge in [0.1, 0.15) is 0 Å². The first kappa shape index (κ1) is 19.9. The number of benzene rings is 2. The van der Waals surface area contributed by atoms with E-state index in [9.17, 15) is 9.59 Å². The Balaban J connectivity index is 2.64. The van der Waals surface area contributed by atoms with Crippen LogP contribution < -0.4 is 0 Å². The molecule has 0 atom stereocenters. The highest BCUT2D eigenvalue weighted by Crippen LogP contribution is 2.39. The average molecular weight is 422 g/mol. The molecule has 0 saturated heterocycles. The second-order valence-electron chi connectivity index (χ2n) is 5.87. The van der Waals surface area contributed by atoms with Crippen LogP contribution in [0.1, 0.15) is 45.7 Å². The van der Waals surface area contributed by atoms with E-state index in [0.29, 0.717) is 11.1 Å². The lowest BCUT2D eigenvalue weighted by molar-refractivity contribution is 0.0686. The summed E-state index contributed by atoms with van der Waals surface area (Å²) in [5.74, 6) is -2.45. The van der Waals surface area contributed by atoms with Crippen molar-refractivity contribution in [3.8, 4) is 0 Å². The van der Waals surface area contributed by atoms with Crippen LogP contribution in [0, 0.1) is 0 Å². The Morgan fingerprint density at radius 2 is 0.960 bits per heavy atom. The molecule has 0 aromatic heterocycles. The lowest BCUT2D eigenvalue weighted by Crippen LogP contribution is -2.20. The van der Waals surface area contributed by atoms with E-state index in [0.717, 1.165) is 0 Å². The van der Waals surface area contributed by atoms with Crippen LogP contribution in [0.3, 0.4) is 0 Å². The minimum Gasteiger partial charge on any atom is -0.478 e. The number of hydrogen-bond donors (Lipinski definition) is 2. The van der Waals surface area contributed by atoms with Crippen LogP contribution in [0.4, 0.5) is 0 Å². The molecule has 4 nitrogen and oxygen atoms in total. The quantitative estimate of drug-likeness (QED) is 0.632. The maximum atomic E-state index is 11.2. The van der Waals surface area contributed by atoms with Gasteiger partial charge in [0.2, 0.25) is 0 Å². The Hall–Kier alpha value is -1.46. The van der Waals surface area contributed by atoms with E-state index in [1.54, 1.807) is 0 Å². The zero-order chi connectivity index (χ0) is 19.1. The normalized spacial score (nSPS) is 11.4. The first-order chi connectivity index (χ1) is 11.5. The van der Waals surface area contributed by atoms with Crippen LogP contribution in [0.15, 0.2) is 24.3 Å². The number of hydrogen-bond acceptors (Lipinski definition) is 2. The van der Waals surface area contributed by atoms with Crippen molar-refractivity contribution in [1.29, 1.82) is 0 Å². The summed E-state index contributed by atoms with van der Waals surface area (Å²) < 4.78 is 0. The first-order valence-electron chi connectivity index (χ1n) is 6.92. The van der Waals surface area contributed by atoms with Gasteiger partial charge in [-0.1, -0.05) is 60.3 Å². The van der Waals surface area contributed by atoms with Gasteiger partial charge in [0.25, 0.3) is 0 Å². The Kier molecular flexibility index (Phi) is 5.59. The van der Waals surface area contributed by atoms with Crippen molar-refractivity contribution in [3.63, 3.8) is 0 Å². The van der Waals surface area contributed by atoms with E-state index in [1.165, 1.54) is 24.3 Å². The van der Waals surface area contributed by atoms with Gasteiger partial charge in [-0.15, -0.1) is 0 Å². The maximum Gasteiger partial charge on any atom is 0.338 e. The molecule has 2 aromatic rings. The van der Waals surface area contributed by atoms with Gasteiger partial charge in [-0.05, 0) is 35.4 Å². The first-order valence-corrected chi connectivity index (χ1v) is 8.43. The summed E-state index contributed by atoms with van der Waals surface area (Å²) in [7, 11) is 0. The fourth-order valence-corrected chi connectivity index (χ4v) is 3.74. The summed E-state index contributed by atoms with van der Waals surface area (Å²) in [5.41, 5.74) is 0.181. The lowest BCUT2D eigenvalue weighted by atomic mass is 9.77. The number of halogens is 4. The molecule has 2 rings (SSSR count). The summed E-state index contributed by atoms with van der Waals surface area (Å²) in [4.78, 5) is 22.4. The molecule has 2 aromatic carbocycles. The van der Waals surface area contributed by atoms with Crippen molar-refractivity contribution in [1.82, 2.24) is 0 Å². The molecule has 0 heterocycles. The lowest BCUT2D eigenvalue weighted by Gasteiger charge is -2.28. The average Bonchev–Trinajstić information content (AvgIpc) is 2.44. The maximum absolute atomic E-state index is 11.2. The molecule has 0 aliphatic carbocycles. The van der Waals surface area contributed by atoms with Gasteiger partial charge in [0.15, 0.2) is 0 Å². The molecule has 0 fully saturated rings. The largest absolute Gasteiger partial charge is 0.478 e. The van der Waals surface area contributed by atoms with Crippen LogP contribution in [0.25, 0.3) is 0 Å². The molecule has 0 bridgehead atoms. The fourth-order valence-electron chi connectivity index (χ4n) is 2.44. The smallest absolute Gasteiger partial charge is 0.338 e. The monoisotopic (exact) mass is 420 g/mol. The fraction of sp³-hybridized carbons (Fsp3) is 0.176. The molecule has 25 heavy (non-hydrogen) atoms. The summed E-state index contributed by atoms with van der Waals surface area (Å²) in [6.45, 7) is 3.66. The third-order valence-electron chi connectivity index (χ3n) is 3.96. The van der Waals surface area contributed by atoms with Crippen LogP contribution in [0.2, 0.25) is 20.1 Å². The van der Waals surface area contributed by atoms with Crippen LogP contribution in [-0.4, -0.2) is 22.2 Å². The van der Waals surface area contributed by atoms with Crippen molar-refractivity contribution >= 4 is 58.3 Å². The van der Waals surface area contributed by atoms with Crippen LogP contribution >= 0.6 is 46.4 Å².